The largest absolute Gasteiger partial charge is 0.505 e. The van der Waals surface area contributed by atoms with Crippen LogP contribution in [0, 0.1) is 0 Å². The van der Waals surface area contributed by atoms with Gasteiger partial charge in [0.15, 0.2) is 0 Å². The highest BCUT2D eigenvalue weighted by Crippen LogP contribution is 2.24. The van der Waals surface area contributed by atoms with Gasteiger partial charge in [0, 0.05) is 6.20 Å². The molecule has 0 unspecified atom stereocenters. The molecule has 0 atom stereocenters. The van der Waals surface area contributed by atoms with Crippen LogP contribution in [0.1, 0.15) is 13.3 Å². The molecule has 1 aromatic rings. The molecular weight excluding hydrogens is 158 g/mol. The first-order valence-corrected chi connectivity index (χ1v) is 4.60. The Morgan fingerprint density at radius 1 is 1.64 bits per heavy atom. The average molecular weight is 169 g/mol. The number of hydrogen-bond acceptors (Lipinski definition) is 3. The quantitative estimate of drug-likeness (QED) is 0.705. The fraction of sp³-hybridized carbons (Fsp3) is 0.375. The maximum absolute atomic E-state index is 9.25. The van der Waals surface area contributed by atoms with Crippen LogP contribution in [0.5, 0.6) is 5.75 Å². The highest BCUT2D eigenvalue weighted by molar-refractivity contribution is 7.99. The smallest absolute Gasteiger partial charge is 0.147 e. The molecule has 1 N–H and O–H groups in total. The normalized spacial score (nSPS) is 9.91. The first-order valence-electron chi connectivity index (χ1n) is 3.61. The summed E-state index contributed by atoms with van der Waals surface area (Å²) < 4.78 is 0. The molecule has 0 spiro atoms. The van der Waals surface area contributed by atoms with E-state index in [9.17, 15) is 5.11 Å². The number of pyridine rings is 1. The minimum absolute atomic E-state index is 0.283. The highest BCUT2D eigenvalue weighted by atomic mass is 32.2. The van der Waals surface area contributed by atoms with Gasteiger partial charge in [-0.25, -0.2) is 4.98 Å². The van der Waals surface area contributed by atoms with Crippen LogP contribution in [0.15, 0.2) is 23.4 Å². The van der Waals surface area contributed by atoms with E-state index in [0.717, 1.165) is 17.2 Å². The van der Waals surface area contributed by atoms with Crippen LogP contribution >= 0.6 is 11.8 Å². The topological polar surface area (TPSA) is 33.1 Å². The van der Waals surface area contributed by atoms with Crippen LogP contribution in [0.4, 0.5) is 0 Å². The lowest BCUT2D eigenvalue weighted by atomic mass is 10.5. The summed E-state index contributed by atoms with van der Waals surface area (Å²) >= 11 is 1.59. The summed E-state index contributed by atoms with van der Waals surface area (Å²) in [6, 6.07) is 3.39. The van der Waals surface area contributed by atoms with Crippen molar-refractivity contribution in [1.82, 2.24) is 4.98 Å². The molecule has 2 nitrogen and oxygen atoms in total. The van der Waals surface area contributed by atoms with E-state index in [2.05, 4.69) is 11.9 Å². The number of thioether (sulfide) groups is 1. The minimum atomic E-state index is 0.283. The van der Waals surface area contributed by atoms with Gasteiger partial charge in [-0.2, -0.15) is 0 Å². The Balaban J connectivity index is 2.62. The first-order chi connectivity index (χ1) is 5.34. The van der Waals surface area contributed by atoms with Crippen LogP contribution in [0.3, 0.4) is 0 Å². The second-order valence-corrected chi connectivity index (χ2v) is 3.26. The summed E-state index contributed by atoms with van der Waals surface area (Å²) in [5.41, 5.74) is 0. The Kier molecular flexibility index (Phi) is 3.23. The van der Waals surface area contributed by atoms with Gasteiger partial charge in [0.25, 0.3) is 0 Å². The molecule has 0 radical (unpaired) electrons. The monoisotopic (exact) mass is 169 g/mol. The molecule has 3 heteroatoms. The fourth-order valence-corrected chi connectivity index (χ4v) is 1.44. The van der Waals surface area contributed by atoms with E-state index in [-0.39, 0.29) is 5.75 Å². The number of aromatic nitrogens is 1. The maximum atomic E-state index is 9.25. The third-order valence-corrected chi connectivity index (χ3v) is 2.39. The Hall–Kier alpha value is -0.700. The second-order valence-electron chi connectivity index (χ2n) is 2.18. The first kappa shape index (κ1) is 8.40. The summed E-state index contributed by atoms with van der Waals surface area (Å²) in [7, 11) is 0. The Morgan fingerprint density at radius 3 is 3.09 bits per heavy atom. The predicted octanol–water partition coefficient (Wildman–Crippen LogP) is 2.29. The maximum Gasteiger partial charge on any atom is 0.147 e. The van der Waals surface area contributed by atoms with Gasteiger partial charge in [-0.15, -0.1) is 11.8 Å². The van der Waals surface area contributed by atoms with E-state index < -0.39 is 0 Å². The van der Waals surface area contributed by atoms with Gasteiger partial charge in [-0.05, 0) is 24.3 Å². The zero-order chi connectivity index (χ0) is 8.10. The lowest BCUT2D eigenvalue weighted by Gasteiger charge is -1.99. The van der Waals surface area contributed by atoms with E-state index in [0.29, 0.717) is 0 Å². The van der Waals surface area contributed by atoms with Crippen LogP contribution < -0.4 is 0 Å². The molecule has 0 aliphatic rings. The van der Waals surface area contributed by atoms with Gasteiger partial charge < -0.3 is 5.11 Å². The van der Waals surface area contributed by atoms with E-state index in [4.69, 9.17) is 0 Å². The molecule has 0 bridgehead atoms. The molecule has 1 rings (SSSR count). The van der Waals surface area contributed by atoms with Crippen molar-refractivity contribution < 1.29 is 5.11 Å². The van der Waals surface area contributed by atoms with Crippen LogP contribution in [-0.2, 0) is 0 Å². The second kappa shape index (κ2) is 4.23. The summed E-state index contributed by atoms with van der Waals surface area (Å²) in [6.07, 6.45) is 2.79. The molecule has 1 aromatic heterocycles. The van der Waals surface area contributed by atoms with Gasteiger partial charge in [-0.1, -0.05) is 6.92 Å². The SMILES string of the molecule is CCCSc1ncccc1O. The van der Waals surface area contributed by atoms with Gasteiger partial charge in [0.1, 0.15) is 10.8 Å². The third kappa shape index (κ3) is 2.42. The number of rotatable bonds is 3. The van der Waals surface area contributed by atoms with E-state index in [1.807, 2.05) is 0 Å². The molecule has 0 saturated heterocycles. The van der Waals surface area contributed by atoms with Gasteiger partial charge in [0.05, 0.1) is 0 Å². The van der Waals surface area contributed by atoms with Gasteiger partial charge in [0.2, 0.25) is 0 Å². The molecule has 0 fully saturated rings. The van der Waals surface area contributed by atoms with Crippen LogP contribution in [0.2, 0.25) is 0 Å². The Labute approximate surface area is 70.7 Å². The third-order valence-electron chi connectivity index (χ3n) is 1.19. The summed E-state index contributed by atoms with van der Waals surface area (Å²) in [6.45, 7) is 2.10. The van der Waals surface area contributed by atoms with E-state index in [1.54, 1.807) is 30.1 Å². The van der Waals surface area contributed by atoms with Crippen LogP contribution in [-0.4, -0.2) is 15.8 Å². The van der Waals surface area contributed by atoms with Crippen molar-refractivity contribution in [3.05, 3.63) is 18.3 Å². The molecule has 11 heavy (non-hydrogen) atoms. The van der Waals surface area contributed by atoms with Crippen molar-refractivity contribution in [2.45, 2.75) is 18.4 Å². The standard InChI is InChI=1S/C8H11NOS/c1-2-6-11-8-7(10)4-3-5-9-8/h3-5,10H,2,6H2,1H3. The van der Waals surface area contributed by atoms with Gasteiger partial charge in [-0.3, -0.25) is 0 Å². The van der Waals surface area contributed by atoms with Crippen molar-refractivity contribution in [3.63, 3.8) is 0 Å². The molecule has 0 saturated carbocycles. The number of nitrogens with zero attached hydrogens (tertiary/aromatic N) is 1. The predicted molar refractivity (Wildman–Crippen MR) is 46.9 cm³/mol. The zero-order valence-electron chi connectivity index (χ0n) is 6.45. The summed E-state index contributed by atoms with van der Waals surface area (Å²) in [5.74, 6) is 1.29. The van der Waals surface area contributed by atoms with Crippen molar-refractivity contribution in [2.24, 2.45) is 0 Å². The summed E-state index contributed by atoms with van der Waals surface area (Å²) in [5, 5.41) is 9.98. The minimum Gasteiger partial charge on any atom is -0.505 e. The lowest BCUT2D eigenvalue weighted by Crippen LogP contribution is -1.81. The van der Waals surface area contributed by atoms with E-state index >= 15 is 0 Å². The average Bonchev–Trinajstić information content (AvgIpc) is 2.03. The van der Waals surface area contributed by atoms with Gasteiger partial charge >= 0.3 is 0 Å². The van der Waals surface area contributed by atoms with Crippen molar-refractivity contribution in [2.75, 3.05) is 5.75 Å². The Bertz CT molecular complexity index is 227. The molecular formula is C8H11NOS. The number of aromatic hydroxyl groups is 1. The number of hydrogen-bond donors (Lipinski definition) is 1. The van der Waals surface area contributed by atoms with E-state index in [1.165, 1.54) is 0 Å². The fourth-order valence-electron chi connectivity index (χ4n) is 0.692. The lowest BCUT2D eigenvalue weighted by molar-refractivity contribution is 0.457. The molecule has 0 amide bonds. The molecule has 0 aliphatic heterocycles. The van der Waals surface area contributed by atoms with Crippen molar-refractivity contribution >= 4 is 11.8 Å². The zero-order valence-corrected chi connectivity index (χ0v) is 7.27. The van der Waals surface area contributed by atoms with Crippen molar-refractivity contribution in [3.8, 4) is 5.75 Å². The molecule has 0 aliphatic carbocycles. The Morgan fingerprint density at radius 2 is 2.45 bits per heavy atom. The molecule has 1 heterocycles. The highest BCUT2D eigenvalue weighted by Gasteiger charge is 1.99. The van der Waals surface area contributed by atoms with Crippen molar-refractivity contribution in [1.29, 1.82) is 0 Å². The summed E-state index contributed by atoms with van der Waals surface area (Å²) in [4.78, 5) is 4.03. The molecule has 60 valence electrons. The van der Waals surface area contributed by atoms with Crippen LogP contribution in [0.25, 0.3) is 0 Å². The molecule has 0 aromatic carbocycles.